The van der Waals surface area contributed by atoms with E-state index in [2.05, 4.69) is 32.6 Å². The highest BCUT2D eigenvalue weighted by Crippen LogP contribution is 2.45. The number of rotatable bonds is 3. The molecule has 14 heavy (non-hydrogen) atoms. The first-order valence-corrected chi connectivity index (χ1v) is 6.35. The zero-order chi connectivity index (χ0) is 10.3. The molecule has 82 valence electrons. The molecule has 1 aliphatic carbocycles. The maximum atomic E-state index is 2.70. The monoisotopic (exact) mass is 195 g/mol. The van der Waals surface area contributed by atoms with Crippen molar-refractivity contribution in [3.63, 3.8) is 0 Å². The molecule has 1 heteroatoms. The van der Waals surface area contributed by atoms with Gasteiger partial charge < -0.3 is 0 Å². The molecular weight excluding hydrogens is 170 g/mol. The van der Waals surface area contributed by atoms with Crippen LogP contribution in [-0.4, -0.2) is 23.5 Å². The van der Waals surface area contributed by atoms with Gasteiger partial charge in [-0.15, -0.1) is 0 Å². The average molecular weight is 195 g/mol. The van der Waals surface area contributed by atoms with Gasteiger partial charge in [0.15, 0.2) is 0 Å². The van der Waals surface area contributed by atoms with Crippen LogP contribution in [0.3, 0.4) is 0 Å². The Hall–Kier alpha value is -0.0400. The summed E-state index contributed by atoms with van der Waals surface area (Å²) >= 11 is 0. The molecule has 0 aromatic carbocycles. The molecule has 2 aliphatic rings. The van der Waals surface area contributed by atoms with Crippen LogP contribution < -0.4 is 0 Å². The van der Waals surface area contributed by atoms with Crippen LogP contribution in [0.5, 0.6) is 0 Å². The molecule has 1 heterocycles. The summed E-state index contributed by atoms with van der Waals surface area (Å²) < 4.78 is 0. The van der Waals surface area contributed by atoms with Crippen molar-refractivity contribution in [2.24, 2.45) is 17.8 Å². The number of nitrogens with zero attached hydrogens (tertiary/aromatic N) is 1. The van der Waals surface area contributed by atoms with Gasteiger partial charge in [-0.3, -0.25) is 4.90 Å². The molecule has 0 bridgehead atoms. The van der Waals surface area contributed by atoms with Gasteiger partial charge in [0.2, 0.25) is 0 Å². The fourth-order valence-corrected chi connectivity index (χ4v) is 3.14. The molecule has 0 spiro atoms. The molecule has 0 aromatic rings. The maximum absolute atomic E-state index is 2.70. The Labute approximate surface area is 88.9 Å². The lowest BCUT2D eigenvalue weighted by atomic mass is 9.64. The van der Waals surface area contributed by atoms with Crippen molar-refractivity contribution in [3.05, 3.63) is 0 Å². The molecule has 2 fully saturated rings. The van der Waals surface area contributed by atoms with Crippen LogP contribution in [-0.2, 0) is 0 Å². The molecule has 0 N–H and O–H groups in total. The summed E-state index contributed by atoms with van der Waals surface area (Å²) in [5.41, 5.74) is 0. The van der Waals surface area contributed by atoms with Gasteiger partial charge >= 0.3 is 0 Å². The summed E-state index contributed by atoms with van der Waals surface area (Å²) in [5.74, 6) is 2.99. The molecule has 1 unspecified atom stereocenters. The van der Waals surface area contributed by atoms with E-state index >= 15 is 0 Å². The van der Waals surface area contributed by atoms with E-state index in [-0.39, 0.29) is 0 Å². The Morgan fingerprint density at radius 2 is 1.71 bits per heavy atom. The number of likely N-dealkylation sites (tertiary alicyclic amines) is 1. The van der Waals surface area contributed by atoms with Crippen LogP contribution in [0.25, 0.3) is 0 Å². The minimum Gasteiger partial charge on any atom is -0.298 e. The summed E-state index contributed by atoms with van der Waals surface area (Å²) in [6, 6.07) is 1.72. The van der Waals surface area contributed by atoms with E-state index < -0.39 is 0 Å². The Kier molecular flexibility index (Phi) is 2.88. The Morgan fingerprint density at radius 1 is 1.07 bits per heavy atom. The maximum Gasteiger partial charge on any atom is 0.0139 e. The third-order valence-corrected chi connectivity index (χ3v) is 4.47. The van der Waals surface area contributed by atoms with Crippen molar-refractivity contribution < 1.29 is 0 Å². The van der Waals surface area contributed by atoms with Gasteiger partial charge in [0, 0.05) is 18.6 Å². The van der Waals surface area contributed by atoms with E-state index in [1.807, 2.05) is 0 Å². The SMILES string of the molecule is CC(C)C1CC(C2CCN2C(C)C)C1. The van der Waals surface area contributed by atoms with Crippen LogP contribution in [0.2, 0.25) is 0 Å². The first-order chi connectivity index (χ1) is 6.59. The lowest BCUT2D eigenvalue weighted by molar-refractivity contribution is -0.0372. The lowest BCUT2D eigenvalue weighted by Crippen LogP contribution is -2.57. The molecule has 1 saturated heterocycles. The minimum absolute atomic E-state index is 0.770. The first kappa shape index (κ1) is 10.5. The van der Waals surface area contributed by atoms with Gasteiger partial charge in [0.1, 0.15) is 0 Å². The van der Waals surface area contributed by atoms with Gasteiger partial charge in [-0.25, -0.2) is 0 Å². The van der Waals surface area contributed by atoms with E-state index in [1.165, 1.54) is 25.8 Å². The average Bonchev–Trinajstić information content (AvgIpc) is 1.90. The van der Waals surface area contributed by atoms with Crippen LogP contribution in [0.1, 0.15) is 47.0 Å². The molecular formula is C13H25N. The standard InChI is InChI=1S/C13H25N/c1-9(2)11-7-12(8-11)13-5-6-14(13)10(3)4/h9-13H,5-8H2,1-4H3. The second-order valence-corrected chi connectivity index (χ2v) is 5.92. The van der Waals surface area contributed by atoms with E-state index in [9.17, 15) is 0 Å². The van der Waals surface area contributed by atoms with Gasteiger partial charge in [0.25, 0.3) is 0 Å². The highest BCUT2D eigenvalue weighted by Gasteiger charge is 2.43. The van der Waals surface area contributed by atoms with Crippen molar-refractivity contribution in [2.45, 2.75) is 59.0 Å². The van der Waals surface area contributed by atoms with Crippen molar-refractivity contribution in [3.8, 4) is 0 Å². The van der Waals surface area contributed by atoms with Crippen molar-refractivity contribution >= 4 is 0 Å². The second-order valence-electron chi connectivity index (χ2n) is 5.92. The molecule has 0 aromatic heterocycles. The van der Waals surface area contributed by atoms with Crippen LogP contribution in [0.15, 0.2) is 0 Å². The number of hydrogen-bond donors (Lipinski definition) is 0. The van der Waals surface area contributed by atoms with E-state index in [0.717, 1.165) is 29.8 Å². The van der Waals surface area contributed by atoms with Crippen molar-refractivity contribution in [1.82, 2.24) is 4.90 Å². The normalized spacial score (nSPS) is 38.6. The van der Waals surface area contributed by atoms with Crippen LogP contribution >= 0.6 is 0 Å². The van der Waals surface area contributed by atoms with Gasteiger partial charge in [-0.2, -0.15) is 0 Å². The largest absolute Gasteiger partial charge is 0.298 e. The highest BCUT2D eigenvalue weighted by atomic mass is 15.2. The van der Waals surface area contributed by atoms with Crippen LogP contribution in [0, 0.1) is 17.8 Å². The fourth-order valence-electron chi connectivity index (χ4n) is 3.14. The Morgan fingerprint density at radius 3 is 2.07 bits per heavy atom. The zero-order valence-electron chi connectivity index (χ0n) is 10.2. The van der Waals surface area contributed by atoms with E-state index in [0.29, 0.717) is 0 Å². The van der Waals surface area contributed by atoms with E-state index in [1.54, 1.807) is 0 Å². The van der Waals surface area contributed by atoms with Crippen LogP contribution in [0.4, 0.5) is 0 Å². The van der Waals surface area contributed by atoms with Gasteiger partial charge in [-0.05, 0) is 50.9 Å². The van der Waals surface area contributed by atoms with Crippen molar-refractivity contribution in [1.29, 1.82) is 0 Å². The van der Waals surface area contributed by atoms with Crippen molar-refractivity contribution in [2.75, 3.05) is 6.54 Å². The van der Waals surface area contributed by atoms with Gasteiger partial charge in [-0.1, -0.05) is 13.8 Å². The molecule has 0 amide bonds. The Bertz CT molecular complexity index is 191. The summed E-state index contributed by atoms with van der Waals surface area (Å²) in [4.78, 5) is 2.70. The zero-order valence-corrected chi connectivity index (χ0v) is 10.2. The quantitative estimate of drug-likeness (QED) is 0.668. The minimum atomic E-state index is 0.770. The molecule has 1 saturated carbocycles. The fraction of sp³-hybridized carbons (Fsp3) is 1.00. The first-order valence-electron chi connectivity index (χ1n) is 6.35. The molecule has 1 nitrogen and oxygen atoms in total. The molecule has 1 aliphatic heterocycles. The smallest absolute Gasteiger partial charge is 0.0139 e. The second kappa shape index (κ2) is 3.84. The predicted octanol–water partition coefficient (Wildman–Crippen LogP) is 3.15. The summed E-state index contributed by atoms with van der Waals surface area (Å²) in [5, 5.41) is 0. The molecule has 1 atom stereocenters. The summed E-state index contributed by atoms with van der Waals surface area (Å²) in [6.07, 6.45) is 4.48. The van der Waals surface area contributed by atoms with Gasteiger partial charge in [0.05, 0.1) is 0 Å². The van der Waals surface area contributed by atoms with E-state index in [4.69, 9.17) is 0 Å². The summed E-state index contributed by atoms with van der Waals surface area (Å²) in [7, 11) is 0. The topological polar surface area (TPSA) is 3.24 Å². The summed E-state index contributed by atoms with van der Waals surface area (Å²) in [6.45, 7) is 10.8. The lowest BCUT2D eigenvalue weighted by Gasteiger charge is -2.53. The molecule has 0 radical (unpaired) electrons. The number of hydrogen-bond acceptors (Lipinski definition) is 1. The Balaban J connectivity index is 1.77. The third kappa shape index (κ3) is 1.71. The highest BCUT2D eigenvalue weighted by molar-refractivity contribution is 4.96. The predicted molar refractivity (Wildman–Crippen MR) is 61.3 cm³/mol. The molecule has 2 rings (SSSR count). The third-order valence-electron chi connectivity index (χ3n) is 4.47.